The molecule has 2 heterocycles. The summed E-state index contributed by atoms with van der Waals surface area (Å²) < 4.78 is 0. The van der Waals surface area contributed by atoms with E-state index < -0.39 is 0 Å². The Balaban J connectivity index is 1.97. The fraction of sp³-hybridized carbons (Fsp3) is 0.500. The van der Waals surface area contributed by atoms with E-state index in [0.717, 1.165) is 18.9 Å². The average molecular weight is 212 g/mol. The molecule has 0 radical (unpaired) electrons. The van der Waals surface area contributed by atoms with Crippen LogP contribution in [-0.4, -0.2) is 36.1 Å². The van der Waals surface area contributed by atoms with Crippen molar-refractivity contribution < 1.29 is 0 Å². The Bertz CT molecular complexity index is 316. The number of halogens is 1. The first-order valence-corrected chi connectivity index (χ1v) is 5.19. The van der Waals surface area contributed by atoms with Gasteiger partial charge in [0.05, 0.1) is 0 Å². The van der Waals surface area contributed by atoms with Crippen LogP contribution in [0.2, 0.25) is 5.15 Å². The van der Waals surface area contributed by atoms with Gasteiger partial charge < -0.3 is 10.2 Å². The zero-order chi connectivity index (χ0) is 9.97. The van der Waals surface area contributed by atoms with Gasteiger partial charge in [0, 0.05) is 12.6 Å². The molecule has 1 unspecified atom stereocenters. The second kappa shape index (κ2) is 4.15. The van der Waals surface area contributed by atoms with E-state index in [2.05, 4.69) is 22.2 Å². The van der Waals surface area contributed by atoms with E-state index in [4.69, 9.17) is 11.6 Å². The SMILES string of the molecule is CN1CCC(Nc2cccc(Cl)n2)C1. The molecule has 0 bridgehead atoms. The summed E-state index contributed by atoms with van der Waals surface area (Å²) in [5.41, 5.74) is 0. The molecule has 0 saturated carbocycles. The third kappa shape index (κ3) is 2.36. The molecule has 1 saturated heterocycles. The van der Waals surface area contributed by atoms with Gasteiger partial charge in [-0.2, -0.15) is 0 Å². The van der Waals surface area contributed by atoms with Gasteiger partial charge in [0.25, 0.3) is 0 Å². The standard InChI is InChI=1S/C10H14ClN3/c1-14-6-5-8(7-14)12-10-4-2-3-9(11)13-10/h2-4,8H,5-7H2,1H3,(H,12,13). The molecule has 2 rings (SSSR count). The summed E-state index contributed by atoms with van der Waals surface area (Å²) >= 11 is 5.80. The number of rotatable bonds is 2. The van der Waals surface area contributed by atoms with Gasteiger partial charge in [0.15, 0.2) is 0 Å². The summed E-state index contributed by atoms with van der Waals surface area (Å²) in [6, 6.07) is 6.15. The van der Waals surface area contributed by atoms with Gasteiger partial charge in [0.1, 0.15) is 11.0 Å². The van der Waals surface area contributed by atoms with Crippen molar-refractivity contribution in [3.8, 4) is 0 Å². The number of anilines is 1. The van der Waals surface area contributed by atoms with E-state index in [1.54, 1.807) is 6.07 Å². The number of hydrogen-bond acceptors (Lipinski definition) is 3. The highest BCUT2D eigenvalue weighted by Gasteiger charge is 2.19. The van der Waals surface area contributed by atoms with E-state index in [0.29, 0.717) is 11.2 Å². The normalized spacial score (nSPS) is 22.6. The first-order valence-electron chi connectivity index (χ1n) is 4.82. The van der Waals surface area contributed by atoms with Crippen molar-refractivity contribution in [2.24, 2.45) is 0 Å². The van der Waals surface area contributed by atoms with Crippen molar-refractivity contribution in [3.63, 3.8) is 0 Å². The number of likely N-dealkylation sites (N-methyl/N-ethyl adjacent to an activating group) is 1. The van der Waals surface area contributed by atoms with E-state index in [1.165, 1.54) is 6.42 Å². The number of hydrogen-bond donors (Lipinski definition) is 1. The highest BCUT2D eigenvalue weighted by Crippen LogP contribution is 2.14. The lowest BCUT2D eigenvalue weighted by Gasteiger charge is -2.13. The zero-order valence-corrected chi connectivity index (χ0v) is 8.96. The highest BCUT2D eigenvalue weighted by molar-refractivity contribution is 6.29. The Morgan fingerprint density at radius 3 is 3.07 bits per heavy atom. The summed E-state index contributed by atoms with van der Waals surface area (Å²) in [7, 11) is 2.13. The fourth-order valence-electron chi connectivity index (χ4n) is 1.75. The minimum absolute atomic E-state index is 0.506. The number of nitrogens with one attached hydrogen (secondary N) is 1. The summed E-state index contributed by atoms with van der Waals surface area (Å²) in [5.74, 6) is 0.873. The molecular formula is C10H14ClN3. The van der Waals surface area contributed by atoms with Crippen LogP contribution < -0.4 is 5.32 Å². The van der Waals surface area contributed by atoms with Crippen LogP contribution in [0.3, 0.4) is 0 Å². The summed E-state index contributed by atoms with van der Waals surface area (Å²) in [5, 5.41) is 3.92. The molecule has 1 fully saturated rings. The van der Waals surface area contributed by atoms with Crippen LogP contribution in [0.5, 0.6) is 0 Å². The molecule has 1 aliphatic heterocycles. The maximum atomic E-state index is 5.80. The van der Waals surface area contributed by atoms with Crippen molar-refractivity contribution in [2.45, 2.75) is 12.5 Å². The van der Waals surface area contributed by atoms with Gasteiger partial charge in [0.2, 0.25) is 0 Å². The molecule has 1 atom stereocenters. The van der Waals surface area contributed by atoms with Crippen LogP contribution in [-0.2, 0) is 0 Å². The lowest BCUT2D eigenvalue weighted by molar-refractivity contribution is 0.414. The molecule has 14 heavy (non-hydrogen) atoms. The Morgan fingerprint density at radius 2 is 2.43 bits per heavy atom. The van der Waals surface area contributed by atoms with Crippen LogP contribution in [0.4, 0.5) is 5.82 Å². The summed E-state index contributed by atoms with van der Waals surface area (Å²) in [4.78, 5) is 6.51. The predicted molar refractivity (Wildman–Crippen MR) is 58.8 cm³/mol. The van der Waals surface area contributed by atoms with Gasteiger partial charge in [-0.05, 0) is 32.1 Å². The fourth-order valence-corrected chi connectivity index (χ4v) is 1.91. The Hall–Kier alpha value is -0.800. The van der Waals surface area contributed by atoms with Crippen molar-refractivity contribution in [1.29, 1.82) is 0 Å². The first kappa shape index (κ1) is 9.74. The molecule has 0 spiro atoms. The van der Waals surface area contributed by atoms with Crippen molar-refractivity contribution in [3.05, 3.63) is 23.4 Å². The van der Waals surface area contributed by atoms with Gasteiger partial charge in [-0.3, -0.25) is 0 Å². The monoisotopic (exact) mass is 211 g/mol. The van der Waals surface area contributed by atoms with Gasteiger partial charge >= 0.3 is 0 Å². The quantitative estimate of drug-likeness (QED) is 0.757. The third-order valence-corrected chi connectivity index (χ3v) is 2.67. The third-order valence-electron chi connectivity index (χ3n) is 2.46. The molecule has 1 N–H and O–H groups in total. The van der Waals surface area contributed by atoms with Crippen molar-refractivity contribution in [2.75, 3.05) is 25.5 Å². The van der Waals surface area contributed by atoms with Crippen LogP contribution in [0.1, 0.15) is 6.42 Å². The molecular weight excluding hydrogens is 198 g/mol. The number of aromatic nitrogens is 1. The van der Waals surface area contributed by atoms with Gasteiger partial charge in [-0.25, -0.2) is 4.98 Å². The topological polar surface area (TPSA) is 28.2 Å². The van der Waals surface area contributed by atoms with Gasteiger partial charge in [-0.1, -0.05) is 17.7 Å². The van der Waals surface area contributed by atoms with E-state index in [1.807, 2.05) is 12.1 Å². The minimum atomic E-state index is 0.506. The molecule has 0 aromatic carbocycles. The predicted octanol–water partition coefficient (Wildman–Crippen LogP) is 1.85. The van der Waals surface area contributed by atoms with Crippen LogP contribution in [0.25, 0.3) is 0 Å². The van der Waals surface area contributed by atoms with E-state index in [9.17, 15) is 0 Å². The summed E-state index contributed by atoms with van der Waals surface area (Å²) in [6.07, 6.45) is 1.17. The largest absolute Gasteiger partial charge is 0.366 e. The zero-order valence-electron chi connectivity index (χ0n) is 8.20. The first-order chi connectivity index (χ1) is 6.74. The van der Waals surface area contributed by atoms with Crippen molar-refractivity contribution >= 4 is 17.4 Å². The lowest BCUT2D eigenvalue weighted by atomic mass is 10.2. The number of nitrogens with zero attached hydrogens (tertiary/aromatic N) is 2. The maximum absolute atomic E-state index is 5.80. The molecule has 1 aliphatic rings. The smallest absolute Gasteiger partial charge is 0.131 e. The molecule has 0 aliphatic carbocycles. The van der Waals surface area contributed by atoms with E-state index in [-0.39, 0.29) is 0 Å². The van der Waals surface area contributed by atoms with Gasteiger partial charge in [-0.15, -0.1) is 0 Å². The van der Waals surface area contributed by atoms with E-state index >= 15 is 0 Å². The lowest BCUT2D eigenvalue weighted by Crippen LogP contribution is -2.23. The van der Waals surface area contributed by atoms with Crippen molar-refractivity contribution in [1.82, 2.24) is 9.88 Å². The molecule has 0 amide bonds. The molecule has 1 aromatic heterocycles. The Kier molecular flexibility index (Phi) is 2.89. The maximum Gasteiger partial charge on any atom is 0.131 e. The number of likely N-dealkylation sites (tertiary alicyclic amines) is 1. The molecule has 1 aromatic rings. The average Bonchev–Trinajstić information content (AvgIpc) is 2.51. The molecule has 4 heteroatoms. The number of pyridine rings is 1. The molecule has 76 valence electrons. The minimum Gasteiger partial charge on any atom is -0.366 e. The summed E-state index contributed by atoms with van der Waals surface area (Å²) in [6.45, 7) is 2.23. The highest BCUT2D eigenvalue weighted by atomic mass is 35.5. The second-order valence-corrected chi connectivity index (χ2v) is 4.12. The Morgan fingerprint density at radius 1 is 1.57 bits per heavy atom. The van der Waals surface area contributed by atoms with Crippen LogP contribution >= 0.6 is 11.6 Å². The van der Waals surface area contributed by atoms with Crippen LogP contribution in [0, 0.1) is 0 Å². The Labute approximate surface area is 89.1 Å². The molecule has 3 nitrogen and oxygen atoms in total. The van der Waals surface area contributed by atoms with Crippen LogP contribution in [0.15, 0.2) is 18.2 Å². The second-order valence-electron chi connectivity index (χ2n) is 3.74.